The molecule has 2 heterocycles. The maximum Gasteiger partial charge on any atom is 0.248 e. The van der Waals surface area contributed by atoms with Crippen LogP contribution in [-0.4, -0.2) is 49.9 Å². The third-order valence-electron chi connectivity index (χ3n) is 4.68. The molecule has 9 heteroatoms. The molecule has 3 aromatic rings. The second-order valence-corrected chi connectivity index (χ2v) is 10.00. The summed E-state index contributed by atoms with van der Waals surface area (Å²) in [5, 5.41) is 3.81. The van der Waals surface area contributed by atoms with E-state index in [1.165, 1.54) is 10.4 Å². The summed E-state index contributed by atoms with van der Waals surface area (Å²) in [4.78, 5) is 16.9. The summed E-state index contributed by atoms with van der Waals surface area (Å²) in [6.07, 6.45) is 3.07. The molecule has 1 amide bonds. The Morgan fingerprint density at radius 1 is 1.17 bits per heavy atom. The molecule has 30 heavy (non-hydrogen) atoms. The molecular weight excluding hydrogens is 422 g/mol. The number of fused-ring (bicyclic) bond motifs is 1. The third-order valence-corrected chi connectivity index (χ3v) is 7.52. The highest BCUT2D eigenvalue weighted by Crippen LogP contribution is 2.25. The molecule has 1 fully saturated rings. The Bertz CT molecular complexity index is 1190. The number of aromatic nitrogens is 1. The number of thiazole rings is 1. The first-order chi connectivity index (χ1) is 14.4. The van der Waals surface area contributed by atoms with E-state index >= 15 is 0 Å². The van der Waals surface area contributed by atoms with Crippen LogP contribution in [0, 0.1) is 6.92 Å². The number of anilines is 1. The van der Waals surface area contributed by atoms with Crippen molar-refractivity contribution in [3.8, 4) is 0 Å². The number of sulfonamides is 1. The van der Waals surface area contributed by atoms with Gasteiger partial charge in [-0.1, -0.05) is 12.1 Å². The maximum absolute atomic E-state index is 12.6. The van der Waals surface area contributed by atoms with Crippen LogP contribution in [0.4, 0.5) is 5.69 Å². The van der Waals surface area contributed by atoms with E-state index in [4.69, 9.17) is 4.74 Å². The summed E-state index contributed by atoms with van der Waals surface area (Å²) >= 11 is 1.58. The number of aryl methyl sites for hydroxylation is 1. The van der Waals surface area contributed by atoms with Crippen molar-refractivity contribution in [1.82, 2.24) is 9.29 Å². The zero-order valence-electron chi connectivity index (χ0n) is 16.4. The van der Waals surface area contributed by atoms with E-state index in [0.29, 0.717) is 32.0 Å². The first-order valence-corrected chi connectivity index (χ1v) is 11.7. The van der Waals surface area contributed by atoms with Crippen LogP contribution in [0.3, 0.4) is 0 Å². The minimum atomic E-state index is -3.52. The number of benzene rings is 2. The maximum atomic E-state index is 12.6. The highest BCUT2D eigenvalue weighted by atomic mass is 32.2. The predicted octanol–water partition coefficient (Wildman–Crippen LogP) is 3.28. The number of amides is 1. The molecule has 1 N–H and O–H groups in total. The number of ether oxygens (including phenoxy) is 1. The molecule has 1 aromatic heterocycles. The summed E-state index contributed by atoms with van der Waals surface area (Å²) in [6.45, 7) is 3.48. The van der Waals surface area contributed by atoms with Crippen molar-refractivity contribution in [3.05, 3.63) is 59.1 Å². The molecule has 0 aliphatic carbocycles. The lowest BCUT2D eigenvalue weighted by atomic mass is 10.2. The average molecular weight is 444 g/mol. The van der Waals surface area contributed by atoms with E-state index in [-0.39, 0.29) is 10.8 Å². The molecular formula is C21H21N3O4S2. The van der Waals surface area contributed by atoms with Gasteiger partial charge in [0.15, 0.2) is 0 Å². The highest BCUT2D eigenvalue weighted by Gasteiger charge is 2.25. The van der Waals surface area contributed by atoms with E-state index in [1.54, 1.807) is 41.7 Å². The minimum absolute atomic E-state index is 0.235. The van der Waals surface area contributed by atoms with Crippen molar-refractivity contribution in [2.24, 2.45) is 0 Å². The molecule has 0 saturated carbocycles. The van der Waals surface area contributed by atoms with E-state index in [2.05, 4.69) is 10.3 Å². The number of carbonyl (C=O) groups excluding carboxylic acids is 1. The van der Waals surface area contributed by atoms with Crippen molar-refractivity contribution in [2.45, 2.75) is 11.8 Å². The largest absolute Gasteiger partial charge is 0.379 e. The summed E-state index contributed by atoms with van der Waals surface area (Å²) in [6, 6.07) is 12.1. The molecule has 0 spiro atoms. The fraction of sp³-hybridized carbons (Fsp3) is 0.238. The van der Waals surface area contributed by atoms with Gasteiger partial charge in [-0.25, -0.2) is 13.4 Å². The van der Waals surface area contributed by atoms with Gasteiger partial charge in [0.2, 0.25) is 15.9 Å². The van der Waals surface area contributed by atoms with Gasteiger partial charge in [-0.2, -0.15) is 4.31 Å². The molecule has 0 radical (unpaired) electrons. The van der Waals surface area contributed by atoms with Crippen LogP contribution < -0.4 is 5.32 Å². The van der Waals surface area contributed by atoms with Crippen molar-refractivity contribution in [1.29, 1.82) is 0 Å². The second kappa shape index (κ2) is 8.65. The van der Waals surface area contributed by atoms with E-state index in [0.717, 1.165) is 20.8 Å². The van der Waals surface area contributed by atoms with Gasteiger partial charge in [0, 0.05) is 24.9 Å². The van der Waals surface area contributed by atoms with E-state index in [1.807, 2.05) is 25.1 Å². The summed E-state index contributed by atoms with van der Waals surface area (Å²) in [7, 11) is -3.52. The zero-order valence-corrected chi connectivity index (χ0v) is 18.0. The van der Waals surface area contributed by atoms with Crippen molar-refractivity contribution >= 4 is 49.2 Å². The zero-order chi connectivity index (χ0) is 21.1. The molecule has 1 saturated heterocycles. The van der Waals surface area contributed by atoms with Gasteiger partial charge in [0.05, 0.1) is 33.3 Å². The topological polar surface area (TPSA) is 88.6 Å². The first-order valence-electron chi connectivity index (χ1n) is 9.46. The minimum Gasteiger partial charge on any atom is -0.379 e. The molecule has 0 atom stereocenters. The summed E-state index contributed by atoms with van der Waals surface area (Å²) < 4.78 is 33.0. The molecule has 0 unspecified atom stereocenters. The second-order valence-electron chi connectivity index (χ2n) is 6.82. The van der Waals surface area contributed by atoms with Crippen LogP contribution in [-0.2, 0) is 19.6 Å². The van der Waals surface area contributed by atoms with Gasteiger partial charge >= 0.3 is 0 Å². The molecule has 0 bridgehead atoms. The normalized spacial score (nSPS) is 15.6. The number of morpholine rings is 1. The van der Waals surface area contributed by atoms with Crippen molar-refractivity contribution < 1.29 is 17.9 Å². The van der Waals surface area contributed by atoms with Crippen LogP contribution >= 0.6 is 11.3 Å². The van der Waals surface area contributed by atoms with E-state index < -0.39 is 10.0 Å². The number of hydrogen-bond donors (Lipinski definition) is 1. The lowest BCUT2D eigenvalue weighted by Crippen LogP contribution is -2.40. The van der Waals surface area contributed by atoms with Gasteiger partial charge < -0.3 is 10.1 Å². The number of nitrogens with one attached hydrogen (secondary N) is 1. The molecule has 7 nitrogen and oxygen atoms in total. The fourth-order valence-corrected chi connectivity index (χ4v) is 5.43. The van der Waals surface area contributed by atoms with Crippen LogP contribution in [0.2, 0.25) is 0 Å². The predicted molar refractivity (Wildman–Crippen MR) is 118 cm³/mol. The standard InChI is InChI=1S/C21H21N3O4S2/c1-15-22-19-8-5-17(14-20(19)29-15)23-21(25)9-4-16-2-6-18(7-3-16)30(26,27)24-10-12-28-13-11-24/h2-9,14H,10-13H2,1H3,(H,23,25). The third kappa shape index (κ3) is 4.59. The Hall–Kier alpha value is -2.59. The molecule has 1 aliphatic rings. The van der Waals surface area contributed by atoms with E-state index in [9.17, 15) is 13.2 Å². The van der Waals surface area contributed by atoms with Gasteiger partial charge in [-0.3, -0.25) is 4.79 Å². The van der Waals surface area contributed by atoms with Crippen LogP contribution in [0.5, 0.6) is 0 Å². The molecule has 4 rings (SSSR count). The molecule has 2 aromatic carbocycles. The van der Waals surface area contributed by atoms with Crippen LogP contribution in [0.15, 0.2) is 53.4 Å². The lowest BCUT2D eigenvalue weighted by Gasteiger charge is -2.26. The van der Waals surface area contributed by atoms with Crippen molar-refractivity contribution in [2.75, 3.05) is 31.6 Å². The lowest BCUT2D eigenvalue weighted by molar-refractivity contribution is -0.111. The number of nitrogens with zero attached hydrogens (tertiary/aromatic N) is 2. The first kappa shape index (κ1) is 20.7. The van der Waals surface area contributed by atoms with Crippen molar-refractivity contribution in [3.63, 3.8) is 0 Å². The smallest absolute Gasteiger partial charge is 0.248 e. The molecule has 156 valence electrons. The fourth-order valence-electron chi connectivity index (χ4n) is 3.16. The Morgan fingerprint density at radius 3 is 2.63 bits per heavy atom. The van der Waals surface area contributed by atoms with Crippen LogP contribution in [0.25, 0.3) is 16.3 Å². The summed E-state index contributed by atoms with van der Waals surface area (Å²) in [5.74, 6) is -0.263. The Balaban J connectivity index is 1.41. The Morgan fingerprint density at radius 2 is 1.90 bits per heavy atom. The average Bonchev–Trinajstić information content (AvgIpc) is 3.12. The Labute approximate surface area is 179 Å². The quantitative estimate of drug-likeness (QED) is 0.612. The highest BCUT2D eigenvalue weighted by molar-refractivity contribution is 7.89. The van der Waals surface area contributed by atoms with Gasteiger partial charge in [-0.15, -0.1) is 11.3 Å². The van der Waals surface area contributed by atoms with Gasteiger partial charge in [0.1, 0.15) is 0 Å². The van der Waals surface area contributed by atoms with Gasteiger partial charge in [0.25, 0.3) is 0 Å². The number of hydrogen-bond acceptors (Lipinski definition) is 6. The summed E-state index contributed by atoms with van der Waals surface area (Å²) in [5.41, 5.74) is 2.35. The monoisotopic (exact) mass is 443 g/mol. The number of carbonyl (C=O) groups is 1. The number of rotatable bonds is 5. The Kier molecular flexibility index (Phi) is 5.96. The van der Waals surface area contributed by atoms with Crippen LogP contribution in [0.1, 0.15) is 10.6 Å². The SMILES string of the molecule is Cc1nc2ccc(NC(=O)C=Cc3ccc(S(=O)(=O)N4CCOCC4)cc3)cc2s1. The van der Waals surface area contributed by atoms with Gasteiger partial charge in [-0.05, 0) is 48.9 Å². The molecule has 1 aliphatic heterocycles.